The number of ether oxygens (including phenoxy) is 1. The van der Waals surface area contributed by atoms with E-state index in [1.165, 1.54) is 0 Å². The van der Waals surface area contributed by atoms with Gasteiger partial charge in [-0.2, -0.15) is 0 Å². The summed E-state index contributed by atoms with van der Waals surface area (Å²) >= 11 is 0. The second kappa shape index (κ2) is 6.02. The summed E-state index contributed by atoms with van der Waals surface area (Å²) in [4.78, 5) is 11.2. The second-order valence-corrected chi connectivity index (χ2v) is 3.38. The van der Waals surface area contributed by atoms with Gasteiger partial charge in [-0.05, 0) is 19.4 Å². The first-order valence-electron chi connectivity index (χ1n) is 5.10. The number of hydrogen-bond donors (Lipinski definition) is 0. The molecular formula is C13H16O2. The average Bonchev–Trinajstić information content (AvgIpc) is 2.19. The third-order valence-corrected chi connectivity index (χ3v) is 1.94. The largest absolute Gasteiger partial charge is 0.466 e. The SMILES string of the molecule is CCOC(=O)CC(C)=Cc1ccccc1. The number of rotatable bonds is 4. The van der Waals surface area contributed by atoms with Crippen LogP contribution < -0.4 is 0 Å². The lowest BCUT2D eigenvalue weighted by Crippen LogP contribution is -2.03. The third kappa shape index (κ3) is 4.45. The second-order valence-electron chi connectivity index (χ2n) is 3.38. The van der Waals surface area contributed by atoms with Crippen molar-refractivity contribution in [3.63, 3.8) is 0 Å². The first kappa shape index (κ1) is 11.5. The summed E-state index contributed by atoms with van der Waals surface area (Å²) in [5.74, 6) is -0.165. The maximum Gasteiger partial charge on any atom is 0.309 e. The van der Waals surface area contributed by atoms with Gasteiger partial charge in [0, 0.05) is 0 Å². The molecule has 0 aromatic heterocycles. The van der Waals surface area contributed by atoms with Crippen molar-refractivity contribution in [3.05, 3.63) is 41.5 Å². The first-order chi connectivity index (χ1) is 7.22. The van der Waals surface area contributed by atoms with Crippen LogP contribution in [0.3, 0.4) is 0 Å². The molecule has 80 valence electrons. The van der Waals surface area contributed by atoms with Gasteiger partial charge in [-0.3, -0.25) is 4.79 Å². The fourth-order valence-corrected chi connectivity index (χ4v) is 1.32. The van der Waals surface area contributed by atoms with E-state index in [-0.39, 0.29) is 5.97 Å². The van der Waals surface area contributed by atoms with Crippen molar-refractivity contribution >= 4 is 12.0 Å². The van der Waals surface area contributed by atoms with Crippen molar-refractivity contribution in [2.45, 2.75) is 20.3 Å². The Labute approximate surface area is 90.6 Å². The summed E-state index contributed by atoms with van der Waals surface area (Å²) in [5, 5.41) is 0. The van der Waals surface area contributed by atoms with Crippen molar-refractivity contribution in [3.8, 4) is 0 Å². The van der Waals surface area contributed by atoms with Gasteiger partial charge >= 0.3 is 5.97 Å². The molecule has 15 heavy (non-hydrogen) atoms. The summed E-state index contributed by atoms with van der Waals surface area (Å²) in [7, 11) is 0. The number of esters is 1. The van der Waals surface area contributed by atoms with Crippen LogP contribution in [0.2, 0.25) is 0 Å². The molecule has 1 aromatic rings. The molecule has 0 aliphatic carbocycles. The van der Waals surface area contributed by atoms with Crippen molar-refractivity contribution in [2.75, 3.05) is 6.61 Å². The highest BCUT2D eigenvalue weighted by atomic mass is 16.5. The molecule has 0 saturated heterocycles. The third-order valence-electron chi connectivity index (χ3n) is 1.94. The van der Waals surface area contributed by atoms with Gasteiger partial charge in [-0.1, -0.05) is 42.0 Å². The van der Waals surface area contributed by atoms with Crippen molar-refractivity contribution in [2.24, 2.45) is 0 Å². The Balaban J connectivity index is 2.57. The van der Waals surface area contributed by atoms with E-state index < -0.39 is 0 Å². The van der Waals surface area contributed by atoms with Gasteiger partial charge in [0.15, 0.2) is 0 Å². The van der Waals surface area contributed by atoms with E-state index >= 15 is 0 Å². The zero-order chi connectivity index (χ0) is 11.1. The Kier molecular flexibility index (Phi) is 4.61. The maximum absolute atomic E-state index is 11.2. The Morgan fingerprint density at radius 3 is 2.60 bits per heavy atom. The van der Waals surface area contributed by atoms with Gasteiger partial charge in [0.05, 0.1) is 13.0 Å². The minimum absolute atomic E-state index is 0.165. The molecule has 0 heterocycles. The summed E-state index contributed by atoms with van der Waals surface area (Å²) in [6.07, 6.45) is 2.36. The molecule has 0 N–H and O–H groups in total. The molecule has 1 aromatic carbocycles. The van der Waals surface area contributed by atoms with Crippen LogP contribution in [-0.4, -0.2) is 12.6 Å². The molecule has 0 spiro atoms. The van der Waals surface area contributed by atoms with Crippen molar-refractivity contribution in [1.82, 2.24) is 0 Å². The number of benzene rings is 1. The summed E-state index contributed by atoms with van der Waals surface area (Å²) in [5.41, 5.74) is 2.12. The number of hydrogen-bond acceptors (Lipinski definition) is 2. The fraction of sp³-hybridized carbons (Fsp3) is 0.308. The molecule has 0 saturated carbocycles. The van der Waals surface area contributed by atoms with E-state index in [1.807, 2.05) is 50.3 Å². The lowest BCUT2D eigenvalue weighted by atomic mass is 10.1. The summed E-state index contributed by atoms with van der Waals surface area (Å²) < 4.78 is 4.87. The molecular weight excluding hydrogens is 188 g/mol. The Morgan fingerprint density at radius 2 is 2.00 bits per heavy atom. The quantitative estimate of drug-likeness (QED) is 0.704. The average molecular weight is 204 g/mol. The van der Waals surface area contributed by atoms with Crippen LogP contribution in [0.1, 0.15) is 25.8 Å². The van der Waals surface area contributed by atoms with Crippen LogP contribution in [0.4, 0.5) is 0 Å². The zero-order valence-electron chi connectivity index (χ0n) is 9.19. The van der Waals surface area contributed by atoms with Gasteiger partial charge < -0.3 is 4.74 Å². The summed E-state index contributed by atoms with van der Waals surface area (Å²) in [6.45, 7) is 4.19. The van der Waals surface area contributed by atoms with Crippen LogP contribution >= 0.6 is 0 Å². The van der Waals surface area contributed by atoms with Gasteiger partial charge in [-0.15, -0.1) is 0 Å². The smallest absolute Gasteiger partial charge is 0.309 e. The van der Waals surface area contributed by atoms with E-state index in [1.54, 1.807) is 0 Å². The Hall–Kier alpha value is -1.57. The van der Waals surface area contributed by atoms with Crippen LogP contribution in [0.25, 0.3) is 6.08 Å². The van der Waals surface area contributed by atoms with E-state index in [2.05, 4.69) is 0 Å². The molecule has 0 unspecified atom stereocenters. The molecule has 0 aliphatic heterocycles. The monoisotopic (exact) mass is 204 g/mol. The summed E-state index contributed by atoms with van der Waals surface area (Å²) in [6, 6.07) is 9.94. The molecule has 2 nitrogen and oxygen atoms in total. The molecule has 0 amide bonds. The van der Waals surface area contributed by atoms with Gasteiger partial charge in [0.1, 0.15) is 0 Å². The first-order valence-corrected chi connectivity index (χ1v) is 5.10. The van der Waals surface area contributed by atoms with Gasteiger partial charge in [0.25, 0.3) is 0 Å². The van der Waals surface area contributed by atoms with Crippen molar-refractivity contribution in [1.29, 1.82) is 0 Å². The van der Waals surface area contributed by atoms with E-state index in [0.717, 1.165) is 11.1 Å². The molecule has 0 aliphatic rings. The lowest BCUT2D eigenvalue weighted by Gasteiger charge is -2.02. The fourth-order valence-electron chi connectivity index (χ4n) is 1.32. The van der Waals surface area contributed by atoms with E-state index in [4.69, 9.17) is 4.74 Å². The highest BCUT2D eigenvalue weighted by molar-refractivity contribution is 5.74. The normalized spacial score (nSPS) is 11.2. The maximum atomic E-state index is 11.2. The molecule has 1 rings (SSSR count). The molecule has 0 radical (unpaired) electrons. The van der Waals surface area contributed by atoms with E-state index in [9.17, 15) is 4.79 Å². The van der Waals surface area contributed by atoms with Crippen LogP contribution in [0, 0.1) is 0 Å². The predicted octanol–water partition coefficient (Wildman–Crippen LogP) is 3.04. The minimum atomic E-state index is -0.165. The Bertz CT molecular complexity index is 339. The van der Waals surface area contributed by atoms with Crippen LogP contribution in [-0.2, 0) is 9.53 Å². The molecule has 0 bridgehead atoms. The van der Waals surface area contributed by atoms with Gasteiger partial charge in [0.2, 0.25) is 0 Å². The highest BCUT2D eigenvalue weighted by Crippen LogP contribution is 2.09. The minimum Gasteiger partial charge on any atom is -0.466 e. The highest BCUT2D eigenvalue weighted by Gasteiger charge is 2.02. The topological polar surface area (TPSA) is 26.3 Å². The van der Waals surface area contributed by atoms with E-state index in [0.29, 0.717) is 13.0 Å². The van der Waals surface area contributed by atoms with Crippen LogP contribution in [0.15, 0.2) is 35.9 Å². The lowest BCUT2D eigenvalue weighted by molar-refractivity contribution is -0.142. The van der Waals surface area contributed by atoms with Crippen molar-refractivity contribution < 1.29 is 9.53 Å². The molecule has 0 atom stereocenters. The van der Waals surface area contributed by atoms with Gasteiger partial charge in [-0.25, -0.2) is 0 Å². The predicted molar refractivity (Wildman–Crippen MR) is 61.3 cm³/mol. The molecule has 2 heteroatoms. The molecule has 0 fully saturated rings. The standard InChI is InChI=1S/C13H16O2/c1-3-15-13(14)10-11(2)9-12-7-5-4-6-8-12/h4-9H,3,10H2,1-2H3. The number of carbonyl (C=O) groups is 1. The number of carbonyl (C=O) groups excluding carboxylic acids is 1. The Morgan fingerprint density at radius 1 is 1.33 bits per heavy atom. The zero-order valence-corrected chi connectivity index (χ0v) is 9.19. The van der Waals surface area contributed by atoms with Crippen LogP contribution in [0.5, 0.6) is 0 Å².